The molecule has 24 heavy (non-hydrogen) atoms. The van der Waals surface area contributed by atoms with Crippen LogP contribution in [0.5, 0.6) is 0 Å². The maximum Gasteiger partial charge on any atom is 0.435 e. The summed E-state index contributed by atoms with van der Waals surface area (Å²) in [5, 5.41) is 5.70. The number of rotatable bonds is 5. The van der Waals surface area contributed by atoms with E-state index in [-0.39, 0.29) is 12.6 Å². The van der Waals surface area contributed by atoms with Crippen LogP contribution in [0.25, 0.3) is 0 Å². The molecule has 1 saturated carbocycles. The summed E-state index contributed by atoms with van der Waals surface area (Å²) in [5.41, 5.74) is -1.07. The molecule has 9 heteroatoms. The summed E-state index contributed by atoms with van der Waals surface area (Å²) in [6.45, 7) is 1.09. The molecule has 1 aliphatic carbocycles. The molecule has 1 aromatic rings. The molecule has 1 aromatic heterocycles. The van der Waals surface area contributed by atoms with Crippen LogP contribution in [0.3, 0.4) is 0 Å². The van der Waals surface area contributed by atoms with E-state index in [1.807, 2.05) is 0 Å². The number of nitrogens with zero attached hydrogens (tertiary/aromatic N) is 2. The third-order valence-electron chi connectivity index (χ3n) is 3.93. The van der Waals surface area contributed by atoms with E-state index in [1.54, 1.807) is 0 Å². The lowest BCUT2D eigenvalue weighted by atomic mass is 9.98. The quantitative estimate of drug-likeness (QED) is 0.831. The molecule has 6 nitrogen and oxygen atoms in total. The van der Waals surface area contributed by atoms with E-state index in [2.05, 4.69) is 10.4 Å². The van der Waals surface area contributed by atoms with Gasteiger partial charge in [-0.15, -0.1) is 0 Å². The first-order valence-electron chi connectivity index (χ1n) is 7.87. The van der Waals surface area contributed by atoms with Crippen LogP contribution >= 0.6 is 0 Å². The van der Waals surface area contributed by atoms with Gasteiger partial charge in [-0.25, -0.2) is 0 Å². The van der Waals surface area contributed by atoms with Crippen LogP contribution in [0.15, 0.2) is 12.3 Å². The van der Waals surface area contributed by atoms with Gasteiger partial charge in [-0.1, -0.05) is 6.42 Å². The van der Waals surface area contributed by atoms with E-state index >= 15 is 0 Å². The van der Waals surface area contributed by atoms with E-state index in [4.69, 9.17) is 4.74 Å². The van der Waals surface area contributed by atoms with Crippen molar-refractivity contribution < 1.29 is 27.5 Å². The van der Waals surface area contributed by atoms with Crippen LogP contribution in [-0.2, 0) is 20.5 Å². The molecule has 1 unspecified atom stereocenters. The summed E-state index contributed by atoms with van der Waals surface area (Å²) in [7, 11) is 0. The minimum absolute atomic E-state index is 0.110. The van der Waals surface area contributed by atoms with Crippen molar-refractivity contribution in [1.82, 2.24) is 15.1 Å². The number of carbonyl (C=O) groups excluding carboxylic acids is 2. The van der Waals surface area contributed by atoms with Crippen molar-refractivity contribution in [3.8, 4) is 0 Å². The van der Waals surface area contributed by atoms with E-state index < -0.39 is 29.8 Å². The van der Waals surface area contributed by atoms with Gasteiger partial charge in [0.2, 0.25) is 5.91 Å². The Kier molecular flexibility index (Phi) is 5.84. The molecule has 1 amide bonds. The smallest absolute Gasteiger partial charge is 0.435 e. The molecular formula is C15H20F3N3O3. The Morgan fingerprint density at radius 1 is 1.38 bits per heavy atom. The molecule has 0 aliphatic heterocycles. The van der Waals surface area contributed by atoms with Crippen LogP contribution in [0.2, 0.25) is 0 Å². The highest BCUT2D eigenvalue weighted by Gasteiger charge is 2.34. The van der Waals surface area contributed by atoms with Crippen molar-refractivity contribution in [3.63, 3.8) is 0 Å². The van der Waals surface area contributed by atoms with Crippen molar-refractivity contribution in [1.29, 1.82) is 0 Å². The van der Waals surface area contributed by atoms with Gasteiger partial charge in [0.05, 0.1) is 0 Å². The number of hydrogen-bond acceptors (Lipinski definition) is 4. The van der Waals surface area contributed by atoms with Gasteiger partial charge in [0.25, 0.3) is 0 Å². The lowest BCUT2D eigenvalue weighted by Gasteiger charge is -2.22. The highest BCUT2D eigenvalue weighted by Crippen LogP contribution is 2.27. The maximum absolute atomic E-state index is 12.5. The van der Waals surface area contributed by atoms with Gasteiger partial charge in [0.15, 0.2) is 5.69 Å². The number of alkyl halides is 3. The average molecular weight is 347 g/mol. The first-order chi connectivity index (χ1) is 11.3. The summed E-state index contributed by atoms with van der Waals surface area (Å²) in [6, 6.07) is -0.176. The fraction of sp³-hybridized carbons (Fsp3) is 0.667. The molecule has 1 aliphatic rings. The molecule has 0 radical (unpaired) electrons. The Hall–Kier alpha value is -2.06. The van der Waals surface area contributed by atoms with Crippen molar-refractivity contribution in [3.05, 3.63) is 18.0 Å². The molecule has 0 bridgehead atoms. The molecule has 0 spiro atoms. The summed E-state index contributed by atoms with van der Waals surface area (Å²) in [4.78, 5) is 23.6. The fourth-order valence-corrected chi connectivity index (χ4v) is 2.54. The number of halogens is 3. The first kappa shape index (κ1) is 18.3. The van der Waals surface area contributed by atoms with Crippen LogP contribution in [0, 0.1) is 0 Å². The zero-order chi connectivity index (χ0) is 17.7. The zero-order valence-corrected chi connectivity index (χ0v) is 13.3. The van der Waals surface area contributed by atoms with Gasteiger partial charge in [-0.3, -0.25) is 14.3 Å². The normalized spacial score (nSPS) is 17.3. The van der Waals surface area contributed by atoms with Gasteiger partial charge in [0, 0.05) is 6.20 Å². The average Bonchev–Trinajstić information content (AvgIpc) is 3.03. The third-order valence-corrected chi connectivity index (χ3v) is 3.93. The number of aromatic nitrogens is 2. The maximum atomic E-state index is 12.5. The number of carbonyl (C=O) groups is 2. The monoisotopic (exact) mass is 347 g/mol. The van der Waals surface area contributed by atoms with Crippen LogP contribution < -0.4 is 5.32 Å². The van der Waals surface area contributed by atoms with Gasteiger partial charge < -0.3 is 10.1 Å². The van der Waals surface area contributed by atoms with Crippen LogP contribution in [0.4, 0.5) is 13.2 Å². The summed E-state index contributed by atoms with van der Waals surface area (Å²) >= 11 is 0. The largest absolute Gasteiger partial charge is 0.461 e. The summed E-state index contributed by atoms with van der Waals surface area (Å²) in [5.74, 6) is -1.15. The third kappa shape index (κ3) is 4.97. The zero-order valence-electron chi connectivity index (χ0n) is 13.3. The molecular weight excluding hydrogens is 327 g/mol. The van der Waals surface area contributed by atoms with E-state index in [0.29, 0.717) is 0 Å². The Balaban J connectivity index is 1.80. The lowest BCUT2D eigenvalue weighted by Crippen LogP contribution is -2.37. The predicted molar refractivity (Wildman–Crippen MR) is 77.9 cm³/mol. The highest BCUT2D eigenvalue weighted by molar-refractivity contribution is 5.84. The Morgan fingerprint density at radius 3 is 2.62 bits per heavy atom. The second-order valence-electron chi connectivity index (χ2n) is 5.82. The molecule has 1 fully saturated rings. The topological polar surface area (TPSA) is 73.2 Å². The van der Waals surface area contributed by atoms with E-state index in [0.717, 1.165) is 49.0 Å². The minimum Gasteiger partial charge on any atom is -0.461 e. The molecule has 1 heterocycles. The Bertz CT molecular complexity index is 580. The van der Waals surface area contributed by atoms with Crippen molar-refractivity contribution in [2.45, 2.75) is 57.3 Å². The second-order valence-corrected chi connectivity index (χ2v) is 5.82. The van der Waals surface area contributed by atoms with Gasteiger partial charge >= 0.3 is 12.1 Å². The molecule has 0 saturated heterocycles. The Labute approximate surface area is 137 Å². The highest BCUT2D eigenvalue weighted by atomic mass is 19.4. The van der Waals surface area contributed by atoms with Crippen LogP contribution in [0.1, 0.15) is 50.8 Å². The van der Waals surface area contributed by atoms with Crippen molar-refractivity contribution in [2.24, 2.45) is 0 Å². The van der Waals surface area contributed by atoms with Gasteiger partial charge in [-0.05, 0) is 38.7 Å². The van der Waals surface area contributed by atoms with Crippen LogP contribution in [-0.4, -0.2) is 34.3 Å². The minimum atomic E-state index is -4.56. The SMILES string of the molecule is CC(C(=O)NCC(=O)OC1CCCCC1)n1ccc(C(F)(F)F)n1. The number of amides is 1. The number of ether oxygens (including phenoxy) is 1. The number of hydrogen-bond donors (Lipinski definition) is 1. The predicted octanol–water partition coefficient (Wildman–Crippen LogP) is 2.46. The summed E-state index contributed by atoms with van der Waals surface area (Å²) in [6.07, 6.45) is 1.21. The number of esters is 1. The number of nitrogens with one attached hydrogen (secondary N) is 1. The lowest BCUT2D eigenvalue weighted by molar-refractivity contribution is -0.150. The van der Waals surface area contributed by atoms with Gasteiger partial charge in [-0.2, -0.15) is 18.3 Å². The Morgan fingerprint density at radius 2 is 2.04 bits per heavy atom. The molecule has 1 N–H and O–H groups in total. The molecule has 2 rings (SSSR count). The molecule has 134 valence electrons. The standard InChI is InChI=1S/C15H20F3N3O3/c1-10(21-8-7-12(20-21)15(16,17)18)14(23)19-9-13(22)24-11-5-3-2-4-6-11/h7-8,10-11H,2-6,9H2,1H3,(H,19,23). The molecule has 1 atom stereocenters. The molecule has 0 aromatic carbocycles. The van der Waals surface area contributed by atoms with E-state index in [1.165, 1.54) is 6.92 Å². The van der Waals surface area contributed by atoms with Gasteiger partial charge in [0.1, 0.15) is 18.7 Å². The van der Waals surface area contributed by atoms with Crippen molar-refractivity contribution >= 4 is 11.9 Å². The second kappa shape index (κ2) is 7.67. The summed E-state index contributed by atoms with van der Waals surface area (Å²) < 4.78 is 43.7. The van der Waals surface area contributed by atoms with E-state index in [9.17, 15) is 22.8 Å². The fourth-order valence-electron chi connectivity index (χ4n) is 2.54. The van der Waals surface area contributed by atoms with Crippen molar-refractivity contribution in [2.75, 3.05) is 6.54 Å². The first-order valence-corrected chi connectivity index (χ1v) is 7.87.